The molecule has 8 heteroatoms. The van der Waals surface area contributed by atoms with Gasteiger partial charge >= 0.3 is 0 Å². The topological polar surface area (TPSA) is 92.7 Å². The number of hydrogen-bond acceptors (Lipinski definition) is 5. The van der Waals surface area contributed by atoms with E-state index < -0.39 is 5.25 Å². The van der Waals surface area contributed by atoms with Gasteiger partial charge in [-0.05, 0) is 68.4 Å². The van der Waals surface area contributed by atoms with Crippen LogP contribution in [0.4, 0.5) is 5.69 Å². The largest absolute Gasteiger partial charge is 0.319 e. The van der Waals surface area contributed by atoms with Crippen LogP contribution in [0.3, 0.4) is 0 Å². The molecule has 0 aliphatic heterocycles. The Hall–Kier alpha value is -4.09. The number of fused-ring (bicyclic) bond motifs is 1. The van der Waals surface area contributed by atoms with Gasteiger partial charge in [0.05, 0.1) is 22.2 Å². The zero-order valence-corrected chi connectivity index (χ0v) is 22.5. The Kier molecular flexibility index (Phi) is 7.21. The van der Waals surface area contributed by atoms with Gasteiger partial charge in [-0.1, -0.05) is 60.3 Å². The fourth-order valence-corrected chi connectivity index (χ4v) is 5.88. The van der Waals surface area contributed by atoms with Crippen molar-refractivity contribution in [1.82, 2.24) is 14.3 Å². The van der Waals surface area contributed by atoms with Gasteiger partial charge in [0, 0.05) is 12.7 Å². The van der Waals surface area contributed by atoms with E-state index in [9.17, 15) is 14.9 Å². The Labute approximate surface area is 226 Å². The number of amides is 1. The highest BCUT2D eigenvalue weighted by atomic mass is 32.2. The predicted octanol–water partition coefficient (Wildman–Crippen LogP) is 5.14. The third-order valence-electron chi connectivity index (χ3n) is 7.20. The minimum absolute atomic E-state index is 0.250. The molecule has 192 valence electrons. The van der Waals surface area contributed by atoms with Crippen molar-refractivity contribution in [2.75, 3.05) is 5.32 Å². The van der Waals surface area contributed by atoms with E-state index in [1.165, 1.54) is 22.0 Å². The zero-order valence-electron chi connectivity index (χ0n) is 21.6. The number of nitriles is 1. The molecule has 1 N–H and O–H groups in total. The number of aromatic nitrogens is 3. The lowest BCUT2D eigenvalue weighted by Crippen LogP contribution is -2.27. The molecule has 2 unspecified atom stereocenters. The highest BCUT2D eigenvalue weighted by Crippen LogP contribution is 2.35. The maximum Gasteiger partial charge on any atom is 0.295 e. The number of rotatable bonds is 6. The van der Waals surface area contributed by atoms with Gasteiger partial charge in [-0.2, -0.15) is 5.26 Å². The average Bonchev–Trinajstić information content (AvgIpc) is 3.16. The number of pyridine rings is 1. The summed E-state index contributed by atoms with van der Waals surface area (Å²) in [5.41, 5.74) is 5.21. The van der Waals surface area contributed by atoms with E-state index >= 15 is 0 Å². The molecule has 0 fully saturated rings. The minimum Gasteiger partial charge on any atom is -0.319 e. The lowest BCUT2D eigenvalue weighted by Gasteiger charge is -2.25. The normalized spacial score (nSPS) is 15.4. The van der Waals surface area contributed by atoms with Gasteiger partial charge in [0.2, 0.25) is 5.91 Å². The number of para-hydroxylation sites is 1. The molecule has 7 nitrogen and oxygen atoms in total. The van der Waals surface area contributed by atoms with Crippen molar-refractivity contribution in [3.63, 3.8) is 0 Å². The molecular formula is C30H29N5O2S. The summed E-state index contributed by atoms with van der Waals surface area (Å²) in [6, 6.07) is 24.0. The van der Waals surface area contributed by atoms with Crippen LogP contribution in [-0.4, -0.2) is 25.5 Å². The van der Waals surface area contributed by atoms with E-state index in [2.05, 4.69) is 35.7 Å². The molecule has 0 radical (unpaired) electrons. The first kappa shape index (κ1) is 25.6. The summed E-state index contributed by atoms with van der Waals surface area (Å²) in [5, 5.41) is 12.7. The van der Waals surface area contributed by atoms with Crippen molar-refractivity contribution in [3.8, 4) is 11.8 Å². The van der Waals surface area contributed by atoms with Gasteiger partial charge in [-0.3, -0.25) is 14.3 Å². The third-order valence-corrected chi connectivity index (χ3v) is 8.31. The molecule has 1 amide bonds. The average molecular weight is 524 g/mol. The molecule has 2 atom stereocenters. The molecule has 2 heterocycles. The number of carbonyl (C=O) groups excluding carboxylic acids is 1. The Morgan fingerprint density at radius 2 is 1.84 bits per heavy atom. The van der Waals surface area contributed by atoms with Crippen LogP contribution in [-0.2, 0) is 24.7 Å². The molecule has 1 aliphatic rings. The summed E-state index contributed by atoms with van der Waals surface area (Å²) in [5.74, 6) is 0.0999. The lowest BCUT2D eigenvalue weighted by molar-refractivity contribution is -0.115. The number of anilines is 1. The molecule has 0 saturated carbocycles. The van der Waals surface area contributed by atoms with E-state index in [0.29, 0.717) is 22.2 Å². The van der Waals surface area contributed by atoms with Crippen molar-refractivity contribution in [1.29, 1.82) is 5.26 Å². The molecule has 38 heavy (non-hydrogen) atoms. The SMILES string of the molecule is Cc1c(NC(=O)C(C)Sc2nc3c(cc2C#N)CC(c2ccccc2)CC3)c(=O)n(-c2ccccc2)n1C. The van der Waals surface area contributed by atoms with Crippen LogP contribution in [0.5, 0.6) is 0 Å². The standard InChI is InChI=1S/C30H29N5O2S/c1-19-27(30(37)35(34(19)3)25-12-8-5-9-13-25)33-28(36)20(2)38-29-24(18-31)17-23-16-22(14-15-26(23)32-29)21-10-6-4-7-11-21/h4-13,17,20,22H,14-16H2,1-3H3,(H,33,36). The number of thioether (sulfide) groups is 1. The van der Waals surface area contributed by atoms with E-state index in [1.54, 1.807) is 25.6 Å². The fourth-order valence-electron chi connectivity index (χ4n) is 4.98. The second-order valence-corrected chi connectivity index (χ2v) is 10.9. The Morgan fingerprint density at radius 3 is 2.53 bits per heavy atom. The number of carbonyl (C=O) groups is 1. The highest BCUT2D eigenvalue weighted by Gasteiger charge is 2.26. The number of benzene rings is 2. The fraction of sp³-hybridized carbons (Fsp3) is 0.267. The summed E-state index contributed by atoms with van der Waals surface area (Å²) in [6.45, 7) is 3.57. The Bertz CT molecular complexity index is 1590. The van der Waals surface area contributed by atoms with Crippen LogP contribution in [0.2, 0.25) is 0 Å². The van der Waals surface area contributed by atoms with E-state index in [1.807, 2.05) is 42.5 Å². The minimum atomic E-state index is -0.558. The first-order valence-electron chi connectivity index (χ1n) is 12.7. The number of aryl methyl sites for hydroxylation is 1. The number of nitrogens with zero attached hydrogens (tertiary/aromatic N) is 4. The van der Waals surface area contributed by atoms with Crippen LogP contribution < -0.4 is 10.9 Å². The van der Waals surface area contributed by atoms with Crippen molar-refractivity contribution < 1.29 is 4.79 Å². The van der Waals surface area contributed by atoms with Crippen LogP contribution in [0.1, 0.15) is 47.3 Å². The molecule has 2 aromatic carbocycles. The van der Waals surface area contributed by atoms with Crippen LogP contribution in [0, 0.1) is 18.3 Å². The van der Waals surface area contributed by atoms with Crippen molar-refractivity contribution >= 4 is 23.4 Å². The lowest BCUT2D eigenvalue weighted by atomic mass is 9.82. The van der Waals surface area contributed by atoms with Crippen LogP contribution in [0.25, 0.3) is 5.69 Å². The molecule has 2 aromatic heterocycles. The summed E-state index contributed by atoms with van der Waals surface area (Å²) in [4.78, 5) is 31.2. The Balaban J connectivity index is 1.34. The van der Waals surface area contributed by atoms with Gasteiger partial charge in [-0.15, -0.1) is 0 Å². The van der Waals surface area contributed by atoms with E-state index in [0.717, 1.165) is 36.2 Å². The van der Waals surface area contributed by atoms with Gasteiger partial charge in [0.25, 0.3) is 5.56 Å². The zero-order chi connectivity index (χ0) is 26.8. The molecule has 0 saturated heterocycles. The summed E-state index contributed by atoms with van der Waals surface area (Å²) >= 11 is 1.25. The molecule has 1 aliphatic carbocycles. The summed E-state index contributed by atoms with van der Waals surface area (Å²) in [6.07, 6.45) is 2.68. The van der Waals surface area contributed by atoms with Crippen LogP contribution >= 0.6 is 11.8 Å². The summed E-state index contributed by atoms with van der Waals surface area (Å²) < 4.78 is 3.26. The molecule has 0 spiro atoms. The third kappa shape index (κ3) is 4.90. The molecule has 0 bridgehead atoms. The maximum absolute atomic E-state index is 13.2. The van der Waals surface area contributed by atoms with E-state index in [-0.39, 0.29) is 17.2 Å². The molecule has 4 aromatic rings. The van der Waals surface area contributed by atoms with Crippen molar-refractivity contribution in [2.24, 2.45) is 7.05 Å². The molecular weight excluding hydrogens is 494 g/mol. The van der Waals surface area contributed by atoms with E-state index in [4.69, 9.17) is 4.98 Å². The second kappa shape index (κ2) is 10.7. The number of hydrogen-bond donors (Lipinski definition) is 1. The highest BCUT2D eigenvalue weighted by molar-refractivity contribution is 8.00. The van der Waals surface area contributed by atoms with Gasteiger partial charge in [0.1, 0.15) is 16.8 Å². The second-order valence-electron chi connectivity index (χ2n) is 9.59. The van der Waals surface area contributed by atoms with Crippen LogP contribution in [0.15, 0.2) is 76.6 Å². The number of nitrogens with one attached hydrogen (secondary N) is 1. The first-order chi connectivity index (χ1) is 18.4. The quantitative estimate of drug-likeness (QED) is 0.353. The smallest absolute Gasteiger partial charge is 0.295 e. The van der Waals surface area contributed by atoms with Gasteiger partial charge in [0.15, 0.2) is 0 Å². The molecule has 5 rings (SSSR count). The Morgan fingerprint density at radius 1 is 1.16 bits per heavy atom. The summed E-state index contributed by atoms with van der Waals surface area (Å²) in [7, 11) is 1.79. The van der Waals surface area contributed by atoms with Crippen molar-refractivity contribution in [2.45, 2.75) is 49.3 Å². The monoisotopic (exact) mass is 523 g/mol. The van der Waals surface area contributed by atoms with Crippen molar-refractivity contribution in [3.05, 3.63) is 105 Å². The van der Waals surface area contributed by atoms with Gasteiger partial charge < -0.3 is 5.32 Å². The first-order valence-corrected chi connectivity index (χ1v) is 13.5. The maximum atomic E-state index is 13.2. The predicted molar refractivity (Wildman–Crippen MR) is 150 cm³/mol. The van der Waals surface area contributed by atoms with Gasteiger partial charge in [-0.25, -0.2) is 9.67 Å².